The summed E-state index contributed by atoms with van der Waals surface area (Å²) in [6.45, 7) is 6.98. The lowest BCUT2D eigenvalue weighted by molar-refractivity contribution is -0.172. The lowest BCUT2D eigenvalue weighted by Gasteiger charge is -2.47. The Kier molecular flexibility index (Phi) is 2.94. The molecule has 2 heterocycles. The molecular weight excluding hydrogens is 200 g/mol. The highest BCUT2D eigenvalue weighted by molar-refractivity contribution is 4.93. The number of likely N-dealkylation sites (tertiary alicyclic amines) is 1. The second-order valence-corrected chi connectivity index (χ2v) is 5.64. The van der Waals surface area contributed by atoms with Crippen LogP contribution in [0.2, 0.25) is 0 Å². The van der Waals surface area contributed by atoms with Crippen molar-refractivity contribution in [3.63, 3.8) is 0 Å². The Labute approximate surface area is 98.5 Å². The molecule has 3 fully saturated rings. The Morgan fingerprint density at radius 3 is 2.62 bits per heavy atom. The molecule has 1 atom stereocenters. The Balaban J connectivity index is 1.60. The Morgan fingerprint density at radius 1 is 1.25 bits per heavy atom. The first-order chi connectivity index (χ1) is 7.81. The van der Waals surface area contributed by atoms with Gasteiger partial charge in [-0.1, -0.05) is 6.92 Å². The summed E-state index contributed by atoms with van der Waals surface area (Å²) in [5.74, 6) is 0.892. The van der Waals surface area contributed by atoms with Crippen molar-refractivity contribution in [2.75, 3.05) is 26.2 Å². The standard InChI is InChI=1S/C13H24N2O/c1-2-15-9-6-13(7-10-15)14-8-5-12(16-13)11-3-4-11/h11-12,14H,2-10H2,1H3. The van der Waals surface area contributed by atoms with E-state index >= 15 is 0 Å². The fourth-order valence-corrected chi connectivity index (χ4v) is 3.16. The van der Waals surface area contributed by atoms with Gasteiger partial charge in [0.1, 0.15) is 5.72 Å². The van der Waals surface area contributed by atoms with Crippen molar-refractivity contribution in [1.29, 1.82) is 0 Å². The van der Waals surface area contributed by atoms with E-state index < -0.39 is 0 Å². The monoisotopic (exact) mass is 224 g/mol. The molecule has 3 aliphatic rings. The van der Waals surface area contributed by atoms with Gasteiger partial charge in [0.15, 0.2) is 0 Å². The Bertz CT molecular complexity index is 244. The predicted molar refractivity (Wildman–Crippen MR) is 64.3 cm³/mol. The molecule has 0 aromatic carbocycles. The van der Waals surface area contributed by atoms with Crippen molar-refractivity contribution < 1.29 is 4.74 Å². The van der Waals surface area contributed by atoms with Gasteiger partial charge in [-0.2, -0.15) is 0 Å². The summed E-state index contributed by atoms with van der Waals surface area (Å²) in [7, 11) is 0. The van der Waals surface area contributed by atoms with Crippen LogP contribution in [-0.2, 0) is 4.74 Å². The van der Waals surface area contributed by atoms with Gasteiger partial charge in [0, 0.05) is 32.5 Å². The molecule has 92 valence electrons. The minimum atomic E-state index is 0.0389. The summed E-state index contributed by atoms with van der Waals surface area (Å²) >= 11 is 0. The molecule has 3 rings (SSSR count). The summed E-state index contributed by atoms with van der Waals surface area (Å²) < 4.78 is 6.39. The number of hydrogen-bond acceptors (Lipinski definition) is 3. The number of nitrogens with zero attached hydrogens (tertiary/aromatic N) is 1. The van der Waals surface area contributed by atoms with Gasteiger partial charge in [0.25, 0.3) is 0 Å². The molecule has 3 nitrogen and oxygen atoms in total. The van der Waals surface area contributed by atoms with E-state index in [1.165, 1.54) is 51.7 Å². The molecule has 0 aromatic heterocycles. The van der Waals surface area contributed by atoms with Gasteiger partial charge in [-0.15, -0.1) is 0 Å². The van der Waals surface area contributed by atoms with E-state index in [0.717, 1.165) is 12.5 Å². The summed E-state index contributed by atoms with van der Waals surface area (Å²) in [6, 6.07) is 0. The van der Waals surface area contributed by atoms with Gasteiger partial charge < -0.3 is 9.64 Å². The van der Waals surface area contributed by atoms with E-state index in [4.69, 9.17) is 4.74 Å². The van der Waals surface area contributed by atoms with Crippen molar-refractivity contribution in [3.8, 4) is 0 Å². The molecule has 0 radical (unpaired) electrons. The van der Waals surface area contributed by atoms with Crippen LogP contribution in [0, 0.1) is 5.92 Å². The third-order valence-electron chi connectivity index (χ3n) is 4.51. The molecule has 0 bridgehead atoms. The molecule has 0 aromatic rings. The highest BCUT2D eigenvalue weighted by atomic mass is 16.5. The third kappa shape index (κ3) is 2.13. The summed E-state index contributed by atoms with van der Waals surface area (Å²) in [6.07, 6.45) is 6.94. The molecule has 3 heteroatoms. The molecule has 1 aliphatic carbocycles. The van der Waals surface area contributed by atoms with Gasteiger partial charge >= 0.3 is 0 Å². The van der Waals surface area contributed by atoms with Crippen LogP contribution >= 0.6 is 0 Å². The smallest absolute Gasteiger partial charge is 0.122 e. The highest BCUT2D eigenvalue weighted by Gasteiger charge is 2.43. The maximum Gasteiger partial charge on any atom is 0.122 e. The van der Waals surface area contributed by atoms with Crippen LogP contribution < -0.4 is 5.32 Å². The molecule has 0 amide bonds. The molecule has 1 unspecified atom stereocenters. The first-order valence-electron chi connectivity index (χ1n) is 6.96. The van der Waals surface area contributed by atoms with E-state index in [9.17, 15) is 0 Å². The first-order valence-corrected chi connectivity index (χ1v) is 6.96. The lowest BCUT2D eigenvalue weighted by Crippen LogP contribution is -2.60. The summed E-state index contributed by atoms with van der Waals surface area (Å²) in [5, 5.41) is 3.64. The summed E-state index contributed by atoms with van der Waals surface area (Å²) in [4.78, 5) is 2.52. The van der Waals surface area contributed by atoms with Gasteiger partial charge in [0.05, 0.1) is 6.10 Å². The van der Waals surface area contributed by atoms with Crippen molar-refractivity contribution in [2.45, 2.75) is 50.9 Å². The van der Waals surface area contributed by atoms with Gasteiger partial charge in [0.2, 0.25) is 0 Å². The fourth-order valence-electron chi connectivity index (χ4n) is 3.16. The van der Waals surface area contributed by atoms with Crippen molar-refractivity contribution >= 4 is 0 Å². The average Bonchev–Trinajstić information content (AvgIpc) is 3.14. The number of piperidine rings is 1. The number of rotatable bonds is 2. The number of nitrogens with one attached hydrogen (secondary N) is 1. The van der Waals surface area contributed by atoms with Crippen LogP contribution in [0.1, 0.15) is 39.0 Å². The topological polar surface area (TPSA) is 24.5 Å². The molecule has 16 heavy (non-hydrogen) atoms. The van der Waals surface area contributed by atoms with E-state index in [1.54, 1.807) is 0 Å². The first kappa shape index (κ1) is 11.0. The maximum atomic E-state index is 6.39. The number of ether oxygens (including phenoxy) is 1. The second-order valence-electron chi connectivity index (χ2n) is 5.64. The van der Waals surface area contributed by atoms with Gasteiger partial charge in [-0.3, -0.25) is 5.32 Å². The normalized spacial score (nSPS) is 35.4. The van der Waals surface area contributed by atoms with Crippen LogP contribution in [0.4, 0.5) is 0 Å². The zero-order chi connectivity index (χ0) is 11.0. The molecule has 2 aliphatic heterocycles. The highest BCUT2D eigenvalue weighted by Crippen LogP contribution is 2.40. The minimum Gasteiger partial charge on any atom is -0.357 e. The molecular formula is C13H24N2O. The van der Waals surface area contributed by atoms with Crippen molar-refractivity contribution in [1.82, 2.24) is 10.2 Å². The molecule has 2 saturated heterocycles. The lowest BCUT2D eigenvalue weighted by atomic mass is 9.96. The van der Waals surface area contributed by atoms with Crippen LogP contribution in [-0.4, -0.2) is 42.9 Å². The minimum absolute atomic E-state index is 0.0389. The van der Waals surface area contributed by atoms with E-state index in [0.29, 0.717) is 6.10 Å². The van der Waals surface area contributed by atoms with Crippen molar-refractivity contribution in [3.05, 3.63) is 0 Å². The largest absolute Gasteiger partial charge is 0.357 e. The second kappa shape index (κ2) is 4.28. The van der Waals surface area contributed by atoms with Crippen molar-refractivity contribution in [2.24, 2.45) is 5.92 Å². The predicted octanol–water partition coefficient (Wildman–Crippen LogP) is 1.59. The van der Waals surface area contributed by atoms with E-state index in [1.807, 2.05) is 0 Å². The SMILES string of the molecule is CCN1CCC2(CC1)NCCC(C1CC1)O2. The number of hydrogen-bond donors (Lipinski definition) is 1. The fraction of sp³-hybridized carbons (Fsp3) is 1.00. The van der Waals surface area contributed by atoms with Gasteiger partial charge in [-0.05, 0) is 31.7 Å². The van der Waals surface area contributed by atoms with Crippen LogP contribution in [0.3, 0.4) is 0 Å². The molecule has 1 N–H and O–H groups in total. The van der Waals surface area contributed by atoms with Crippen LogP contribution in [0.15, 0.2) is 0 Å². The zero-order valence-corrected chi connectivity index (χ0v) is 10.4. The zero-order valence-electron chi connectivity index (χ0n) is 10.4. The average molecular weight is 224 g/mol. The van der Waals surface area contributed by atoms with Gasteiger partial charge in [-0.25, -0.2) is 0 Å². The van der Waals surface area contributed by atoms with Crippen LogP contribution in [0.5, 0.6) is 0 Å². The van der Waals surface area contributed by atoms with E-state index in [2.05, 4.69) is 17.1 Å². The molecule has 1 spiro atoms. The Morgan fingerprint density at radius 2 is 2.00 bits per heavy atom. The quantitative estimate of drug-likeness (QED) is 0.771. The van der Waals surface area contributed by atoms with E-state index in [-0.39, 0.29) is 5.72 Å². The summed E-state index contributed by atoms with van der Waals surface area (Å²) in [5.41, 5.74) is 0.0389. The van der Waals surface area contributed by atoms with Crippen LogP contribution in [0.25, 0.3) is 0 Å². The third-order valence-corrected chi connectivity index (χ3v) is 4.51. The Hall–Kier alpha value is -0.120. The molecule has 1 saturated carbocycles. The maximum absolute atomic E-state index is 6.39.